The molecular formula is C36H35ClF7N9O3. The Kier molecular flexibility index (Phi) is 9.81. The third-order valence-electron chi connectivity index (χ3n) is 10.5. The van der Waals surface area contributed by atoms with Gasteiger partial charge in [-0.3, -0.25) is 19.8 Å². The molecule has 3 N–H and O–H groups in total. The summed E-state index contributed by atoms with van der Waals surface area (Å²) in [6.45, 7) is 1.02. The van der Waals surface area contributed by atoms with Crippen LogP contribution >= 0.6 is 11.6 Å². The Balaban J connectivity index is 1.29. The van der Waals surface area contributed by atoms with E-state index >= 15 is 0 Å². The van der Waals surface area contributed by atoms with Crippen LogP contribution in [0.5, 0.6) is 0 Å². The first-order valence-corrected chi connectivity index (χ1v) is 17.9. The molecule has 12 nitrogen and oxygen atoms in total. The highest BCUT2D eigenvalue weighted by molar-refractivity contribution is 6.32. The highest BCUT2D eigenvalue weighted by atomic mass is 35.5. The van der Waals surface area contributed by atoms with Gasteiger partial charge in [-0.15, -0.1) is 0 Å². The Labute approximate surface area is 319 Å². The smallest absolute Gasteiger partial charge is 0.407 e. The quantitative estimate of drug-likeness (QED) is 0.117. The molecule has 3 aliphatic rings. The van der Waals surface area contributed by atoms with Gasteiger partial charge in [0.1, 0.15) is 24.0 Å². The average molecular weight is 810 g/mol. The predicted molar refractivity (Wildman–Crippen MR) is 186 cm³/mol. The van der Waals surface area contributed by atoms with Crippen molar-refractivity contribution in [2.75, 3.05) is 6.61 Å². The average Bonchev–Trinajstić information content (AvgIpc) is 4.00. The minimum atomic E-state index is -4.82. The van der Waals surface area contributed by atoms with Gasteiger partial charge < -0.3 is 15.4 Å². The van der Waals surface area contributed by atoms with Crippen LogP contribution in [-0.4, -0.2) is 72.2 Å². The first-order chi connectivity index (χ1) is 26.4. The molecule has 7 rings (SSSR count). The first kappa shape index (κ1) is 39.1. The topological polar surface area (TPSA) is 143 Å². The van der Waals surface area contributed by atoms with Gasteiger partial charge in [-0.25, -0.2) is 32.0 Å². The van der Waals surface area contributed by atoms with Gasteiger partial charge in [-0.2, -0.15) is 23.4 Å². The maximum atomic E-state index is 14.9. The van der Waals surface area contributed by atoms with Gasteiger partial charge in [0, 0.05) is 11.8 Å². The number of halogens is 8. The van der Waals surface area contributed by atoms with E-state index in [4.69, 9.17) is 21.7 Å². The van der Waals surface area contributed by atoms with Crippen molar-refractivity contribution in [1.29, 1.82) is 5.41 Å². The Morgan fingerprint density at radius 2 is 1.77 bits per heavy atom. The molecule has 4 aromatic rings. The second-order valence-corrected chi connectivity index (χ2v) is 15.3. The molecule has 2 atom stereocenters. The van der Waals surface area contributed by atoms with Gasteiger partial charge in [0.2, 0.25) is 0 Å². The summed E-state index contributed by atoms with van der Waals surface area (Å²) in [4.78, 5) is 32.2. The number of carbonyl (C=O) groups excluding carboxylic acids is 2. The lowest BCUT2D eigenvalue weighted by Crippen LogP contribution is -2.50. The zero-order chi connectivity index (χ0) is 40.4. The van der Waals surface area contributed by atoms with Crippen LogP contribution in [0.2, 0.25) is 5.02 Å². The minimum Gasteiger partial charge on any atom is -0.447 e. The molecule has 0 unspecified atom stereocenters. The van der Waals surface area contributed by atoms with Crippen molar-refractivity contribution in [2.24, 2.45) is 5.41 Å². The number of alkyl halides is 7. The second kappa shape index (κ2) is 14.1. The fraction of sp³-hybridized carbons (Fsp3) is 0.444. The number of alkyl carbamates (subject to hydrolysis) is 1. The number of benzene rings is 2. The Bertz CT molecular complexity index is 2150. The summed E-state index contributed by atoms with van der Waals surface area (Å²) in [5.74, 6) is -2.52. The predicted octanol–water partition coefficient (Wildman–Crippen LogP) is 7.86. The van der Waals surface area contributed by atoms with E-state index in [2.05, 4.69) is 25.8 Å². The van der Waals surface area contributed by atoms with Gasteiger partial charge >= 0.3 is 12.3 Å². The van der Waals surface area contributed by atoms with Crippen LogP contribution in [0, 0.1) is 10.8 Å². The van der Waals surface area contributed by atoms with E-state index in [-0.39, 0.29) is 34.7 Å². The third kappa shape index (κ3) is 7.16. The van der Waals surface area contributed by atoms with Gasteiger partial charge in [-0.05, 0) is 60.9 Å². The summed E-state index contributed by atoms with van der Waals surface area (Å²) < 4.78 is 107. The van der Waals surface area contributed by atoms with E-state index in [1.165, 1.54) is 30.3 Å². The van der Waals surface area contributed by atoms with Crippen molar-refractivity contribution in [3.05, 3.63) is 83.2 Å². The standard InChI is InChI=1S/C36H35ClF7N9O3/c1-33(2,36(42,43)44)17-35(22-6-3-19(4-7-22)21-14-47-51(15-21)23-8-9-23)30(54)52(31(45)49-35)26(16-56-32(55)50-34(11-12-34)29(40)41)20-5-10-24(37)25(13-20)53-28(27(38)39)46-18-48-53/h3-7,10,13-15,18,23,26-27,29H,8-9,11-12,16-17H2,1-2H3,(H2,45,49)(H,50,55)/t26-,35-/m1/s1. The van der Waals surface area contributed by atoms with Crippen molar-refractivity contribution in [3.63, 3.8) is 0 Å². The van der Waals surface area contributed by atoms with E-state index in [0.717, 1.165) is 48.2 Å². The number of rotatable bonds is 13. The van der Waals surface area contributed by atoms with E-state index < -0.39 is 78.4 Å². The summed E-state index contributed by atoms with van der Waals surface area (Å²) in [6.07, 6.45) is -6.69. The number of carbonyl (C=O) groups is 2. The third-order valence-corrected chi connectivity index (χ3v) is 10.8. The zero-order valence-corrected chi connectivity index (χ0v) is 30.5. The lowest BCUT2D eigenvalue weighted by Gasteiger charge is -2.37. The van der Waals surface area contributed by atoms with Gasteiger partial charge in [-0.1, -0.05) is 55.8 Å². The molecule has 56 heavy (non-hydrogen) atoms. The lowest BCUT2D eigenvalue weighted by molar-refractivity contribution is -0.218. The number of hydrogen-bond donors (Lipinski definition) is 3. The van der Waals surface area contributed by atoms with E-state index in [9.17, 15) is 40.3 Å². The van der Waals surface area contributed by atoms with Crippen LogP contribution in [0.15, 0.2) is 61.2 Å². The number of ether oxygens (including phenoxy) is 1. The largest absolute Gasteiger partial charge is 0.447 e. The van der Waals surface area contributed by atoms with Crippen LogP contribution in [0.3, 0.4) is 0 Å². The highest BCUT2D eigenvalue weighted by Crippen LogP contribution is 2.49. The molecule has 20 heteroatoms. The number of aromatic nitrogens is 5. The maximum absolute atomic E-state index is 14.9. The van der Waals surface area contributed by atoms with Crippen LogP contribution in [0.25, 0.3) is 16.8 Å². The molecule has 0 radical (unpaired) electrons. The van der Waals surface area contributed by atoms with Crippen LogP contribution in [-0.2, 0) is 15.1 Å². The summed E-state index contributed by atoms with van der Waals surface area (Å²) in [5, 5.41) is 22.0. The molecule has 1 aliphatic heterocycles. The molecule has 2 aromatic heterocycles. The zero-order valence-electron chi connectivity index (χ0n) is 29.8. The highest BCUT2D eigenvalue weighted by Gasteiger charge is 2.60. The first-order valence-electron chi connectivity index (χ1n) is 17.5. The second-order valence-electron chi connectivity index (χ2n) is 14.9. The molecular weight excluding hydrogens is 775 g/mol. The molecule has 0 bridgehead atoms. The van der Waals surface area contributed by atoms with Crippen LogP contribution < -0.4 is 10.6 Å². The molecule has 2 aromatic carbocycles. The number of nitrogens with zero attached hydrogens (tertiary/aromatic N) is 6. The lowest BCUT2D eigenvalue weighted by atomic mass is 9.73. The number of amides is 2. The summed E-state index contributed by atoms with van der Waals surface area (Å²) in [7, 11) is 0. The molecule has 2 amide bonds. The fourth-order valence-corrected chi connectivity index (χ4v) is 7.00. The number of hydrogen-bond acceptors (Lipinski definition) is 7. The van der Waals surface area contributed by atoms with Gasteiger partial charge in [0.25, 0.3) is 18.8 Å². The van der Waals surface area contributed by atoms with Gasteiger partial charge in [0.05, 0.1) is 34.4 Å². The van der Waals surface area contributed by atoms with E-state index in [1.807, 2.05) is 10.9 Å². The van der Waals surface area contributed by atoms with Crippen molar-refractivity contribution < 1.29 is 45.1 Å². The molecule has 0 spiro atoms. The Morgan fingerprint density at radius 3 is 2.38 bits per heavy atom. The molecule has 1 saturated heterocycles. The fourth-order valence-electron chi connectivity index (χ4n) is 6.80. The monoisotopic (exact) mass is 809 g/mol. The Hall–Kier alpha value is -5.20. The number of nitrogens with one attached hydrogen (secondary N) is 3. The van der Waals surface area contributed by atoms with E-state index in [1.54, 1.807) is 18.3 Å². The SMILES string of the molecule is CC(C)(C[C@]1(c2ccc(-c3cnn(C4CC4)c3)cc2)NC(=N)N([C@H](COC(=O)NC2(C(F)F)CC2)c2ccc(Cl)c(-n3ncnc3C(F)F)c2)C1=O)C(F)(F)F. The van der Waals surface area contributed by atoms with Crippen molar-refractivity contribution in [3.8, 4) is 16.8 Å². The Morgan fingerprint density at radius 1 is 1.07 bits per heavy atom. The molecule has 3 heterocycles. The van der Waals surface area contributed by atoms with Crippen molar-refractivity contribution >= 4 is 29.6 Å². The van der Waals surface area contributed by atoms with Crippen molar-refractivity contribution in [1.82, 2.24) is 40.1 Å². The summed E-state index contributed by atoms with van der Waals surface area (Å²) >= 11 is 6.39. The summed E-state index contributed by atoms with van der Waals surface area (Å²) in [5.41, 5.74) is -5.19. The molecule has 298 valence electrons. The van der Waals surface area contributed by atoms with Gasteiger partial charge in [0.15, 0.2) is 11.8 Å². The van der Waals surface area contributed by atoms with Crippen LogP contribution in [0.1, 0.15) is 81.4 Å². The van der Waals surface area contributed by atoms with E-state index in [0.29, 0.717) is 11.6 Å². The maximum Gasteiger partial charge on any atom is 0.407 e. The number of guanidine groups is 1. The normalized spacial score (nSPS) is 20.1. The summed E-state index contributed by atoms with van der Waals surface area (Å²) in [6, 6.07) is 8.77. The molecule has 3 fully saturated rings. The molecule has 2 saturated carbocycles. The molecule has 2 aliphatic carbocycles. The van der Waals surface area contributed by atoms with Crippen LogP contribution in [0.4, 0.5) is 35.5 Å². The minimum absolute atomic E-state index is 0.0108. The van der Waals surface area contributed by atoms with Crippen molar-refractivity contribution in [2.45, 2.75) is 88.1 Å².